The summed E-state index contributed by atoms with van der Waals surface area (Å²) in [6, 6.07) is 0. The number of carbonyl (C=O) groups is 2. The van der Waals surface area contributed by atoms with Crippen molar-refractivity contribution in [2.45, 2.75) is 100 Å². The van der Waals surface area contributed by atoms with Crippen LogP contribution in [0.4, 0.5) is 4.39 Å². The van der Waals surface area contributed by atoms with Gasteiger partial charge in [0.1, 0.15) is 18.0 Å². The van der Waals surface area contributed by atoms with E-state index in [1.807, 2.05) is 0 Å². The number of aliphatic hydroxyl groups is 3. The monoisotopic (exact) mass is 621 g/mol. The number of carbonyl (C=O) groups excluding carboxylic acids is 2. The van der Waals surface area contributed by atoms with Gasteiger partial charge in [0.25, 0.3) is 0 Å². The van der Waals surface area contributed by atoms with Gasteiger partial charge in [-0.1, -0.05) is 0 Å². The standard InChI is InChI=1S/C29H53ClFN5O6/c30-23-16-33-28(34-17-23)36-11-8-21(9-12-36)4-3-13-42-24-7-6-22(25(31)15-24)14-27(41)32-10-2-1-5-26(40)35-29(18-37,19-38)20-39/h21-25,28,33-34,37-39H,1-20H2,(H,32,41)(H,35,40). The van der Waals surface area contributed by atoms with E-state index in [9.17, 15) is 29.3 Å². The largest absolute Gasteiger partial charge is 0.394 e. The summed E-state index contributed by atoms with van der Waals surface area (Å²) in [6.07, 6.45) is 6.66. The van der Waals surface area contributed by atoms with Crippen LogP contribution in [0, 0.1) is 11.8 Å². The van der Waals surface area contributed by atoms with E-state index in [1.165, 1.54) is 12.8 Å². The van der Waals surface area contributed by atoms with Crippen molar-refractivity contribution in [3.63, 3.8) is 0 Å². The molecule has 3 fully saturated rings. The average Bonchev–Trinajstić information content (AvgIpc) is 3.00. The molecule has 0 aromatic carbocycles. The van der Waals surface area contributed by atoms with Gasteiger partial charge in [0.2, 0.25) is 11.8 Å². The van der Waals surface area contributed by atoms with Crippen LogP contribution >= 0.6 is 11.6 Å². The number of nitrogens with zero attached hydrogens (tertiary/aromatic N) is 1. The molecular formula is C29H53ClFN5O6. The number of hydrogen-bond donors (Lipinski definition) is 7. The van der Waals surface area contributed by atoms with Crippen molar-refractivity contribution in [3.05, 3.63) is 0 Å². The molecule has 0 bridgehead atoms. The zero-order valence-electron chi connectivity index (χ0n) is 24.9. The van der Waals surface area contributed by atoms with Gasteiger partial charge >= 0.3 is 0 Å². The van der Waals surface area contributed by atoms with Crippen LogP contribution in [-0.2, 0) is 14.3 Å². The number of halogens is 2. The highest BCUT2D eigenvalue weighted by atomic mass is 35.5. The Bertz CT molecular complexity index is 788. The van der Waals surface area contributed by atoms with Crippen molar-refractivity contribution < 1.29 is 34.0 Å². The van der Waals surface area contributed by atoms with E-state index in [1.54, 1.807) is 0 Å². The van der Waals surface area contributed by atoms with Gasteiger partial charge in [-0.25, -0.2) is 4.39 Å². The molecule has 11 nitrogen and oxygen atoms in total. The summed E-state index contributed by atoms with van der Waals surface area (Å²) in [5, 5.41) is 40.2. The first-order valence-electron chi connectivity index (χ1n) is 15.8. The Balaban J connectivity index is 1.19. The number of piperidine rings is 1. The fourth-order valence-electron chi connectivity index (χ4n) is 6.10. The van der Waals surface area contributed by atoms with Crippen molar-refractivity contribution in [2.75, 3.05) is 59.2 Å². The molecule has 0 aromatic rings. The number of nitrogens with one attached hydrogen (secondary N) is 4. The van der Waals surface area contributed by atoms with E-state index in [4.69, 9.17) is 16.3 Å². The van der Waals surface area contributed by atoms with Crippen LogP contribution < -0.4 is 21.3 Å². The Morgan fingerprint density at radius 2 is 1.67 bits per heavy atom. The van der Waals surface area contributed by atoms with Gasteiger partial charge in [-0.05, 0) is 63.2 Å². The summed E-state index contributed by atoms with van der Waals surface area (Å²) < 4.78 is 20.9. The molecule has 42 heavy (non-hydrogen) atoms. The number of likely N-dealkylation sites (tertiary alicyclic amines) is 1. The molecule has 244 valence electrons. The summed E-state index contributed by atoms with van der Waals surface area (Å²) in [5.41, 5.74) is -1.43. The van der Waals surface area contributed by atoms with Crippen LogP contribution in [0.15, 0.2) is 0 Å². The first-order chi connectivity index (χ1) is 20.3. The predicted octanol–water partition coefficient (Wildman–Crippen LogP) is 0.594. The Morgan fingerprint density at radius 3 is 2.31 bits per heavy atom. The van der Waals surface area contributed by atoms with Gasteiger partial charge in [0.05, 0.1) is 31.3 Å². The molecule has 7 N–H and O–H groups in total. The van der Waals surface area contributed by atoms with Gasteiger partial charge in [0.15, 0.2) is 0 Å². The van der Waals surface area contributed by atoms with Crippen LogP contribution in [0.25, 0.3) is 0 Å². The fourth-order valence-corrected chi connectivity index (χ4v) is 6.28. The molecular weight excluding hydrogens is 569 g/mol. The summed E-state index contributed by atoms with van der Waals surface area (Å²) in [6.45, 7) is 3.15. The van der Waals surface area contributed by atoms with Gasteiger partial charge in [-0.2, -0.15) is 0 Å². The molecule has 3 aliphatic rings. The number of alkyl halides is 2. The molecule has 13 heteroatoms. The highest BCUT2D eigenvalue weighted by molar-refractivity contribution is 6.21. The van der Waals surface area contributed by atoms with E-state index < -0.39 is 37.4 Å². The first-order valence-corrected chi connectivity index (χ1v) is 16.2. The minimum atomic E-state index is -1.43. The zero-order valence-corrected chi connectivity index (χ0v) is 25.6. The third-order valence-corrected chi connectivity index (χ3v) is 9.27. The molecule has 0 radical (unpaired) electrons. The molecule has 2 amide bonds. The number of unbranched alkanes of at least 4 members (excludes halogenated alkanes) is 1. The SMILES string of the molecule is O=C(CC1CCC(OCCCC2CCN(C3NCC(Cl)CN3)CC2)CC1F)NCCCCC(=O)NC(CO)(CO)CO. The van der Waals surface area contributed by atoms with Crippen molar-refractivity contribution in [1.29, 1.82) is 0 Å². The van der Waals surface area contributed by atoms with Crippen molar-refractivity contribution in [2.24, 2.45) is 11.8 Å². The molecule has 3 atom stereocenters. The minimum Gasteiger partial charge on any atom is -0.394 e. The van der Waals surface area contributed by atoms with Crippen molar-refractivity contribution in [3.8, 4) is 0 Å². The maximum atomic E-state index is 14.8. The molecule has 2 saturated heterocycles. The number of rotatable bonds is 17. The lowest BCUT2D eigenvalue weighted by atomic mass is 9.83. The Hall–Kier alpha value is -1.12. The van der Waals surface area contributed by atoms with Crippen molar-refractivity contribution in [1.82, 2.24) is 26.2 Å². The van der Waals surface area contributed by atoms with Crippen LogP contribution in [0.5, 0.6) is 0 Å². The quantitative estimate of drug-likeness (QED) is 0.0913. The smallest absolute Gasteiger partial charge is 0.220 e. The molecule has 0 spiro atoms. The van der Waals surface area contributed by atoms with Gasteiger partial charge in [-0.15, -0.1) is 11.6 Å². The lowest BCUT2D eigenvalue weighted by molar-refractivity contribution is -0.125. The molecule has 1 saturated carbocycles. The van der Waals surface area contributed by atoms with E-state index in [0.29, 0.717) is 44.8 Å². The second-order valence-corrected chi connectivity index (χ2v) is 13.0. The Labute approximate surface area is 254 Å². The zero-order chi connectivity index (χ0) is 30.4. The van der Waals surface area contributed by atoms with E-state index >= 15 is 0 Å². The molecule has 3 rings (SSSR count). The number of hydrogen-bond acceptors (Lipinski definition) is 9. The first kappa shape index (κ1) is 35.4. The Kier molecular flexibility index (Phi) is 15.7. The van der Waals surface area contributed by atoms with Gasteiger partial charge in [-0.3, -0.25) is 25.1 Å². The lowest BCUT2D eigenvalue weighted by Gasteiger charge is -2.41. The number of amides is 2. The third kappa shape index (κ3) is 11.8. The minimum absolute atomic E-state index is 0.0808. The predicted molar refractivity (Wildman–Crippen MR) is 159 cm³/mol. The van der Waals surface area contributed by atoms with E-state index in [-0.39, 0.29) is 42.4 Å². The summed E-state index contributed by atoms with van der Waals surface area (Å²) >= 11 is 6.15. The van der Waals surface area contributed by atoms with Gasteiger partial charge < -0.3 is 30.7 Å². The number of aliphatic hydroxyl groups excluding tert-OH is 3. The maximum absolute atomic E-state index is 14.8. The molecule has 3 unspecified atom stereocenters. The lowest BCUT2D eigenvalue weighted by Crippen LogP contribution is -2.62. The molecule has 0 aromatic heterocycles. The van der Waals surface area contributed by atoms with Crippen molar-refractivity contribution >= 4 is 23.4 Å². The van der Waals surface area contributed by atoms with Gasteiger partial charge in [0, 0.05) is 58.6 Å². The average molecular weight is 622 g/mol. The summed E-state index contributed by atoms with van der Waals surface area (Å²) in [5.74, 6) is -0.171. The third-order valence-electron chi connectivity index (χ3n) is 8.96. The van der Waals surface area contributed by atoms with Crippen LogP contribution in [0.1, 0.15) is 70.6 Å². The van der Waals surface area contributed by atoms with E-state index in [2.05, 4.69) is 26.2 Å². The topological polar surface area (TPSA) is 155 Å². The van der Waals surface area contributed by atoms with Crippen LogP contribution in [0.2, 0.25) is 0 Å². The highest BCUT2D eigenvalue weighted by Crippen LogP contribution is 2.32. The number of ether oxygens (including phenoxy) is 1. The normalized spacial score (nSPS) is 28.0. The fraction of sp³-hybridized carbons (Fsp3) is 0.931. The molecule has 2 heterocycles. The maximum Gasteiger partial charge on any atom is 0.220 e. The Morgan fingerprint density at radius 1 is 0.976 bits per heavy atom. The highest BCUT2D eigenvalue weighted by Gasteiger charge is 2.33. The molecule has 1 aliphatic carbocycles. The summed E-state index contributed by atoms with van der Waals surface area (Å²) in [7, 11) is 0. The second kappa shape index (κ2) is 18.6. The van der Waals surface area contributed by atoms with Crippen LogP contribution in [0.3, 0.4) is 0 Å². The van der Waals surface area contributed by atoms with Crippen LogP contribution in [-0.4, -0.2) is 121 Å². The summed E-state index contributed by atoms with van der Waals surface area (Å²) in [4.78, 5) is 26.8. The second-order valence-electron chi connectivity index (χ2n) is 12.3. The molecule has 2 aliphatic heterocycles. The van der Waals surface area contributed by atoms with E-state index in [0.717, 1.165) is 45.4 Å².